The Hall–Kier alpha value is -7.14. The van der Waals surface area contributed by atoms with Gasteiger partial charge in [0, 0.05) is 28.6 Å². The van der Waals surface area contributed by atoms with Crippen LogP contribution in [-0.2, 0) is 23.9 Å². The number of aromatic nitrogens is 1. The smallest absolute Gasteiger partial charge is 0.349 e. The zero-order valence-electron chi connectivity index (χ0n) is 29.9. The lowest BCUT2D eigenvalue weighted by Gasteiger charge is -2.32. The Morgan fingerprint density at radius 1 is 0.945 bits per heavy atom. The number of anilines is 1. The first-order chi connectivity index (χ1) is 25.8. The van der Waals surface area contributed by atoms with Crippen LogP contribution in [0.15, 0.2) is 103 Å². The zero-order valence-corrected chi connectivity index (χ0v) is 29.9. The van der Waals surface area contributed by atoms with Crippen LogP contribution in [0.25, 0.3) is 5.76 Å². The van der Waals surface area contributed by atoms with Gasteiger partial charge in [-0.05, 0) is 50.6 Å². The van der Waals surface area contributed by atoms with Crippen LogP contribution in [0, 0.1) is 18.3 Å². The molecule has 5 rings (SSSR count). The summed E-state index contributed by atoms with van der Waals surface area (Å²) in [4.78, 5) is 51.9. The first-order valence-electron chi connectivity index (χ1n) is 16.4. The minimum Gasteiger partial charge on any atom is -0.496 e. The Kier molecular flexibility index (Phi) is 14.7. The summed E-state index contributed by atoms with van der Waals surface area (Å²) in [5.41, 5.74) is 11.0. The van der Waals surface area contributed by atoms with Crippen LogP contribution in [-0.4, -0.2) is 64.9 Å². The second-order valence-electron chi connectivity index (χ2n) is 11.7. The molecule has 3 aromatic carbocycles. The van der Waals surface area contributed by atoms with Gasteiger partial charge in [0.15, 0.2) is 0 Å². The van der Waals surface area contributed by atoms with E-state index in [1.54, 1.807) is 72.9 Å². The zero-order chi connectivity index (χ0) is 39.5. The molecule has 0 aliphatic carbocycles. The molecule has 1 aromatic heterocycles. The van der Waals surface area contributed by atoms with Gasteiger partial charge in [-0.2, -0.15) is 5.26 Å². The normalized spacial score (nSPS) is 13.7. The molecule has 55 heavy (non-hydrogen) atoms. The number of hydrogen-bond acceptors (Lipinski definition) is 11. The second kappa shape index (κ2) is 19.1. The molecule has 2 heterocycles. The summed E-state index contributed by atoms with van der Waals surface area (Å²) in [7, 11) is 1.53. The lowest BCUT2D eigenvalue weighted by molar-refractivity contribution is -0.165. The number of esters is 1. The number of nitriles is 1. The fraction of sp³-hybridized carbons (Fsp3) is 0.220. The minimum atomic E-state index is -2.05. The number of carboxylic acids is 2. The van der Waals surface area contributed by atoms with Crippen molar-refractivity contribution in [3.63, 3.8) is 0 Å². The topological polar surface area (TPSA) is 220 Å². The van der Waals surface area contributed by atoms with E-state index in [-0.39, 0.29) is 18.7 Å². The Morgan fingerprint density at radius 2 is 1.53 bits per heavy atom. The van der Waals surface area contributed by atoms with Crippen LogP contribution in [0.3, 0.4) is 0 Å². The fourth-order valence-corrected chi connectivity index (χ4v) is 5.65. The lowest BCUT2D eigenvalue weighted by Crippen LogP contribution is -2.44. The first kappa shape index (κ1) is 42.3. The molecule has 286 valence electrons. The highest BCUT2D eigenvalue weighted by atomic mass is 16.6. The summed E-state index contributed by atoms with van der Waals surface area (Å²) >= 11 is 0. The van der Waals surface area contributed by atoms with Crippen molar-refractivity contribution < 1.29 is 48.3 Å². The van der Waals surface area contributed by atoms with Gasteiger partial charge in [-0.15, -0.1) is 0 Å². The molecular weight excluding hydrogens is 708 g/mol. The van der Waals surface area contributed by atoms with Gasteiger partial charge in [-0.3, -0.25) is 4.79 Å². The van der Waals surface area contributed by atoms with Gasteiger partial charge in [0.05, 0.1) is 48.1 Å². The molecule has 0 spiro atoms. The van der Waals surface area contributed by atoms with Crippen molar-refractivity contribution in [1.29, 1.82) is 5.26 Å². The van der Waals surface area contributed by atoms with Crippen molar-refractivity contribution in [3.8, 4) is 17.7 Å². The third kappa shape index (κ3) is 9.85. The largest absolute Gasteiger partial charge is 0.496 e. The van der Waals surface area contributed by atoms with Crippen molar-refractivity contribution in [2.75, 3.05) is 19.0 Å². The molecule has 4 aromatic rings. The summed E-state index contributed by atoms with van der Waals surface area (Å²) in [5.74, 6) is -4.44. The first-order valence-corrected chi connectivity index (χ1v) is 16.4. The highest BCUT2D eigenvalue weighted by molar-refractivity contribution is 5.98. The Labute approximate surface area is 318 Å². The standard InChI is InChI=1S/C21H22N4O3.C19H16O7.CH4/c1-5-28-21-18-17(14-7-6-13(9-22)8-15(14)27-4)16(20(23)26)12(3)25-19(18)11(2)10-24-21;1-12(13-8-4-2-5-9-13)25-15(17(20)21)16(18(22)23)26-19(24)14-10-6-3-7-11-14;/h6-8,10,17,25H,5H2,1-4H3,(H2,23,26);2-11,15-16H,1H2,(H,20,21)(H,22,23);1H4/t17-;15-,16-;/m10./s1. The number of ether oxygens (including phenoxy) is 4. The number of carboxylic acid groups (broad SMARTS) is 2. The van der Waals surface area contributed by atoms with Crippen molar-refractivity contribution in [2.45, 2.75) is 46.3 Å². The Balaban J connectivity index is 0.000000291. The molecule has 0 saturated heterocycles. The molecule has 0 unspecified atom stereocenters. The van der Waals surface area contributed by atoms with E-state index < -0.39 is 41.9 Å². The van der Waals surface area contributed by atoms with E-state index in [1.165, 1.54) is 19.2 Å². The molecular formula is C41H42N4O10. The summed E-state index contributed by atoms with van der Waals surface area (Å²) in [6.07, 6.45) is -2.29. The van der Waals surface area contributed by atoms with Crippen LogP contribution >= 0.6 is 0 Å². The summed E-state index contributed by atoms with van der Waals surface area (Å²) in [6, 6.07) is 23.2. The van der Waals surface area contributed by atoms with Gasteiger partial charge >= 0.3 is 17.9 Å². The molecule has 0 saturated carbocycles. The molecule has 1 amide bonds. The van der Waals surface area contributed by atoms with Gasteiger partial charge in [0.25, 0.3) is 0 Å². The number of primary amides is 1. The van der Waals surface area contributed by atoms with Crippen molar-refractivity contribution >= 4 is 35.3 Å². The number of amides is 1. The van der Waals surface area contributed by atoms with E-state index in [2.05, 4.69) is 22.9 Å². The highest BCUT2D eigenvalue weighted by Crippen LogP contribution is 2.48. The number of nitrogens with two attached hydrogens (primary N) is 1. The van der Waals surface area contributed by atoms with E-state index in [0.29, 0.717) is 46.2 Å². The van der Waals surface area contributed by atoms with Crippen LogP contribution in [0.2, 0.25) is 0 Å². The number of aliphatic carboxylic acids is 2. The van der Waals surface area contributed by atoms with Crippen LogP contribution in [0.5, 0.6) is 11.6 Å². The number of methoxy groups -OCH3 is 1. The van der Waals surface area contributed by atoms with Gasteiger partial charge in [0.1, 0.15) is 11.5 Å². The molecule has 1 aliphatic rings. The molecule has 14 heteroatoms. The summed E-state index contributed by atoms with van der Waals surface area (Å²) in [6.45, 7) is 9.65. The number of carbonyl (C=O) groups excluding carboxylic acids is 2. The number of hydrogen-bond donors (Lipinski definition) is 4. The van der Waals surface area contributed by atoms with Crippen LogP contribution in [0.4, 0.5) is 5.69 Å². The molecule has 5 N–H and O–H groups in total. The molecule has 0 bridgehead atoms. The van der Waals surface area contributed by atoms with Gasteiger partial charge < -0.3 is 40.2 Å². The number of rotatable bonds is 13. The quantitative estimate of drug-likeness (QED) is 0.0903. The summed E-state index contributed by atoms with van der Waals surface area (Å²) in [5, 5.41) is 31.2. The summed E-state index contributed by atoms with van der Waals surface area (Å²) < 4.78 is 21.4. The van der Waals surface area contributed by atoms with Gasteiger partial charge in [-0.25, -0.2) is 19.4 Å². The second-order valence-corrected chi connectivity index (χ2v) is 11.7. The Bertz CT molecular complexity index is 2060. The number of benzene rings is 3. The van der Waals surface area contributed by atoms with E-state index in [1.807, 2.05) is 20.8 Å². The van der Waals surface area contributed by atoms with E-state index >= 15 is 0 Å². The highest BCUT2D eigenvalue weighted by Gasteiger charge is 2.40. The van der Waals surface area contributed by atoms with Gasteiger partial charge in [-0.1, -0.05) is 68.6 Å². The van der Waals surface area contributed by atoms with E-state index in [4.69, 9.17) is 24.7 Å². The van der Waals surface area contributed by atoms with E-state index in [0.717, 1.165) is 16.8 Å². The number of fused-ring (bicyclic) bond motifs is 1. The third-order valence-corrected chi connectivity index (χ3v) is 8.15. The fourth-order valence-electron chi connectivity index (χ4n) is 5.65. The van der Waals surface area contributed by atoms with E-state index in [9.17, 15) is 34.7 Å². The predicted molar refractivity (Wildman–Crippen MR) is 203 cm³/mol. The third-order valence-electron chi connectivity index (χ3n) is 8.15. The maximum atomic E-state index is 12.4. The molecule has 1 aliphatic heterocycles. The molecule has 3 atom stereocenters. The number of nitrogens with zero attached hydrogens (tertiary/aromatic N) is 2. The van der Waals surface area contributed by atoms with Crippen molar-refractivity contribution in [3.05, 3.63) is 136 Å². The number of carbonyl (C=O) groups is 4. The van der Waals surface area contributed by atoms with Crippen LogP contribution in [0.1, 0.15) is 65.4 Å². The maximum absolute atomic E-state index is 12.4. The number of aryl methyl sites for hydroxylation is 1. The molecule has 14 nitrogen and oxygen atoms in total. The monoisotopic (exact) mass is 750 g/mol. The molecule has 0 fully saturated rings. The van der Waals surface area contributed by atoms with Crippen molar-refractivity contribution in [1.82, 2.24) is 4.98 Å². The number of pyridine rings is 1. The molecule has 0 radical (unpaired) electrons. The Morgan fingerprint density at radius 3 is 2.05 bits per heavy atom. The van der Waals surface area contributed by atoms with Crippen LogP contribution < -0.4 is 20.5 Å². The average molecular weight is 751 g/mol. The number of nitrogens with one attached hydrogen (secondary N) is 1. The maximum Gasteiger partial charge on any atom is 0.349 e. The SMILES string of the molecule is C.C=C(O[C@H](C(=O)O)[C@H](OC(=O)c1ccccc1)C(=O)O)c1ccccc1.CCOc1ncc(C)c2c1[C@H](c1ccc(C#N)cc1OC)C(C(N)=O)=C(C)N2. The number of allylic oxidation sites excluding steroid dienone is 1. The minimum absolute atomic E-state index is 0. The predicted octanol–water partition coefficient (Wildman–Crippen LogP) is 6.06. The van der Waals surface area contributed by atoms with Gasteiger partial charge in [0.2, 0.25) is 24.0 Å². The lowest BCUT2D eigenvalue weighted by atomic mass is 9.79. The average Bonchev–Trinajstić information content (AvgIpc) is 3.17. The van der Waals surface area contributed by atoms with Crippen molar-refractivity contribution in [2.24, 2.45) is 5.73 Å².